The maximum absolute atomic E-state index is 2.50. The summed E-state index contributed by atoms with van der Waals surface area (Å²) in [6, 6.07) is 65.5. The smallest absolute Gasteiger partial charge is 0.0626 e. The van der Waals surface area contributed by atoms with Crippen LogP contribution in [0.1, 0.15) is 0 Å². The summed E-state index contributed by atoms with van der Waals surface area (Å²) in [5, 5.41) is 15.6. The van der Waals surface area contributed by atoms with Crippen LogP contribution in [-0.2, 0) is 0 Å². The van der Waals surface area contributed by atoms with Crippen LogP contribution in [0.2, 0.25) is 0 Å². The Hall–Kier alpha value is -6.70. The van der Waals surface area contributed by atoms with Gasteiger partial charge in [-0.05, 0) is 113 Å². The second-order valence-corrected chi connectivity index (χ2v) is 14.0. The van der Waals surface area contributed by atoms with Crippen LogP contribution in [0.5, 0.6) is 0 Å². The third kappa shape index (κ3) is 3.55. The highest BCUT2D eigenvalue weighted by Crippen LogP contribution is 2.51. The van der Waals surface area contributed by atoms with Gasteiger partial charge in [0.2, 0.25) is 0 Å². The van der Waals surface area contributed by atoms with Crippen molar-refractivity contribution in [2.24, 2.45) is 0 Å². The molecule has 0 N–H and O–H groups in total. The molecule has 0 saturated carbocycles. The van der Waals surface area contributed by atoms with Crippen molar-refractivity contribution in [3.05, 3.63) is 176 Å². The number of hydrogen-bond acceptors (Lipinski definition) is 0. The summed E-state index contributed by atoms with van der Waals surface area (Å²) >= 11 is 0. The first-order valence-corrected chi connectivity index (χ1v) is 17.8. The first kappa shape index (κ1) is 27.2. The van der Waals surface area contributed by atoms with E-state index in [1.807, 2.05) is 0 Å². The lowest BCUT2D eigenvalue weighted by Gasteiger charge is -2.17. The average molecular weight is 644 g/mol. The number of para-hydroxylation sites is 2. The van der Waals surface area contributed by atoms with Crippen LogP contribution in [0.3, 0.4) is 0 Å². The number of aromatic nitrogens is 1. The van der Waals surface area contributed by atoms with Crippen LogP contribution >= 0.6 is 0 Å². The van der Waals surface area contributed by atoms with Crippen molar-refractivity contribution in [2.45, 2.75) is 0 Å². The average Bonchev–Trinajstić information content (AvgIpc) is 3.72. The molecule has 11 aromatic rings. The first-order valence-electron chi connectivity index (χ1n) is 17.8. The van der Waals surface area contributed by atoms with E-state index in [9.17, 15) is 0 Å². The third-order valence-electron chi connectivity index (χ3n) is 11.4. The monoisotopic (exact) mass is 643 g/mol. The predicted octanol–water partition coefficient (Wildman–Crippen LogP) is 13.9. The van der Waals surface area contributed by atoms with Crippen molar-refractivity contribution >= 4 is 75.7 Å². The van der Waals surface area contributed by atoms with Crippen molar-refractivity contribution in [1.82, 2.24) is 4.57 Å². The molecule has 51 heavy (non-hydrogen) atoms. The topological polar surface area (TPSA) is 4.93 Å². The maximum Gasteiger partial charge on any atom is 0.0626 e. The molecule has 0 aliphatic heterocycles. The molecule has 0 amide bonds. The number of hydrogen-bond donors (Lipinski definition) is 0. The third-order valence-corrected chi connectivity index (χ3v) is 11.4. The number of benzene rings is 10. The largest absolute Gasteiger partial charge is 0.309 e. The molecule has 0 saturated heterocycles. The van der Waals surface area contributed by atoms with Crippen molar-refractivity contribution in [3.63, 3.8) is 0 Å². The summed E-state index contributed by atoms with van der Waals surface area (Å²) in [6.07, 6.45) is 0. The van der Waals surface area contributed by atoms with Gasteiger partial charge < -0.3 is 4.57 Å². The Morgan fingerprint density at radius 1 is 0.294 bits per heavy atom. The minimum Gasteiger partial charge on any atom is -0.309 e. The Kier molecular flexibility index (Phi) is 5.29. The van der Waals surface area contributed by atoms with Crippen LogP contribution in [-0.4, -0.2) is 4.57 Å². The zero-order valence-corrected chi connectivity index (χ0v) is 27.7. The van der Waals surface area contributed by atoms with Crippen molar-refractivity contribution in [1.29, 1.82) is 0 Å². The molecule has 1 aromatic heterocycles. The zero-order chi connectivity index (χ0) is 33.2. The van der Waals surface area contributed by atoms with Gasteiger partial charge in [-0.15, -0.1) is 0 Å². The summed E-state index contributed by atoms with van der Waals surface area (Å²) in [5.74, 6) is 0. The van der Waals surface area contributed by atoms with Crippen molar-refractivity contribution in [3.8, 4) is 39.1 Å². The SMILES string of the molecule is c1ccc(-n2c3ccccc3c3c4c5ccccc5c5ccccc5c4c4ccc(-c5cc6c7c(cccc7c5)-c5ccccc5-6)cc4c32)cc1. The Labute approximate surface area is 294 Å². The van der Waals surface area contributed by atoms with E-state index in [0.717, 1.165) is 0 Å². The highest BCUT2D eigenvalue weighted by molar-refractivity contribution is 6.43. The molecule has 0 atom stereocenters. The molecular weight excluding hydrogens is 615 g/mol. The minimum atomic E-state index is 1.17. The summed E-state index contributed by atoms with van der Waals surface area (Å²) < 4.78 is 2.50. The standard InChI is InChI=1S/C50H29N/c1-2-14-33(15-3-1)51-45-24-11-10-22-42(45)49-48-40-21-9-7-17-35(40)34-16-6-8-20-39(34)47(48)41-26-25-30(28-44(41)50(49)51)32-27-31-13-12-23-38-36-18-4-5-19-37(36)43(29-32)46(31)38/h1-29H. The molecule has 1 heteroatoms. The molecule has 234 valence electrons. The van der Waals surface area contributed by atoms with Gasteiger partial charge in [0.05, 0.1) is 11.0 Å². The van der Waals surface area contributed by atoms with Gasteiger partial charge in [0, 0.05) is 27.2 Å². The van der Waals surface area contributed by atoms with Gasteiger partial charge in [-0.25, -0.2) is 0 Å². The second kappa shape index (κ2) is 9.94. The predicted molar refractivity (Wildman–Crippen MR) is 218 cm³/mol. The van der Waals surface area contributed by atoms with Crippen molar-refractivity contribution in [2.75, 3.05) is 0 Å². The molecule has 0 fully saturated rings. The molecule has 0 spiro atoms. The lowest BCUT2D eigenvalue weighted by molar-refractivity contribution is 1.19. The first-order chi connectivity index (χ1) is 25.3. The van der Waals surface area contributed by atoms with E-state index in [0.29, 0.717) is 0 Å². The van der Waals surface area contributed by atoms with Gasteiger partial charge in [0.25, 0.3) is 0 Å². The van der Waals surface area contributed by atoms with Crippen LogP contribution in [0.25, 0.3) is 115 Å². The van der Waals surface area contributed by atoms with Crippen LogP contribution in [0.15, 0.2) is 176 Å². The van der Waals surface area contributed by atoms with Gasteiger partial charge in [0.15, 0.2) is 0 Å². The van der Waals surface area contributed by atoms with Gasteiger partial charge >= 0.3 is 0 Å². The molecule has 10 aromatic carbocycles. The van der Waals surface area contributed by atoms with E-state index in [1.54, 1.807) is 0 Å². The lowest BCUT2D eigenvalue weighted by Crippen LogP contribution is -1.95. The van der Waals surface area contributed by atoms with E-state index >= 15 is 0 Å². The Morgan fingerprint density at radius 3 is 1.69 bits per heavy atom. The molecule has 1 nitrogen and oxygen atoms in total. The van der Waals surface area contributed by atoms with Gasteiger partial charge in [-0.2, -0.15) is 0 Å². The molecule has 0 radical (unpaired) electrons. The van der Waals surface area contributed by atoms with E-state index in [2.05, 4.69) is 180 Å². The van der Waals surface area contributed by atoms with Gasteiger partial charge in [-0.1, -0.05) is 140 Å². The molecule has 12 rings (SSSR count). The van der Waals surface area contributed by atoms with Crippen LogP contribution in [0, 0.1) is 0 Å². The van der Waals surface area contributed by atoms with E-state index in [-0.39, 0.29) is 0 Å². The normalized spacial score (nSPS) is 12.3. The van der Waals surface area contributed by atoms with E-state index < -0.39 is 0 Å². The van der Waals surface area contributed by atoms with Crippen molar-refractivity contribution < 1.29 is 0 Å². The van der Waals surface area contributed by atoms with E-state index in [4.69, 9.17) is 0 Å². The highest BCUT2D eigenvalue weighted by atomic mass is 15.0. The van der Waals surface area contributed by atoms with Gasteiger partial charge in [0.1, 0.15) is 0 Å². The summed E-state index contributed by atoms with van der Waals surface area (Å²) in [5.41, 5.74) is 11.4. The van der Waals surface area contributed by atoms with Gasteiger partial charge in [-0.3, -0.25) is 0 Å². The highest BCUT2D eigenvalue weighted by Gasteiger charge is 2.24. The fourth-order valence-corrected chi connectivity index (χ4v) is 9.40. The van der Waals surface area contributed by atoms with Crippen LogP contribution < -0.4 is 0 Å². The quantitative estimate of drug-likeness (QED) is 0.165. The maximum atomic E-state index is 2.50. The zero-order valence-electron chi connectivity index (χ0n) is 27.7. The molecule has 1 aliphatic rings. The fraction of sp³-hybridized carbons (Fsp3) is 0. The Bertz CT molecular complexity index is 3290. The molecule has 0 unspecified atom stereocenters. The Balaban J connectivity index is 1.30. The molecule has 1 aliphatic carbocycles. The lowest BCUT2D eigenvalue weighted by atomic mass is 9.87. The number of fused-ring (bicyclic) bond motifs is 16. The summed E-state index contributed by atoms with van der Waals surface area (Å²) in [6.45, 7) is 0. The van der Waals surface area contributed by atoms with Crippen LogP contribution in [0.4, 0.5) is 0 Å². The summed E-state index contributed by atoms with van der Waals surface area (Å²) in [4.78, 5) is 0. The molecule has 1 heterocycles. The fourth-order valence-electron chi connectivity index (χ4n) is 9.40. The molecule has 0 bridgehead atoms. The minimum absolute atomic E-state index is 1.17. The summed E-state index contributed by atoms with van der Waals surface area (Å²) in [7, 11) is 0. The molecular formula is C50H29N. The Morgan fingerprint density at radius 2 is 0.902 bits per heavy atom. The number of rotatable bonds is 2. The number of nitrogens with zero attached hydrogens (tertiary/aromatic N) is 1. The second-order valence-electron chi connectivity index (χ2n) is 14.0. The van der Waals surface area contributed by atoms with E-state index in [1.165, 1.54) is 115 Å².